The van der Waals surface area contributed by atoms with Crippen LogP contribution in [0.1, 0.15) is 22.2 Å². The van der Waals surface area contributed by atoms with Gasteiger partial charge in [-0.05, 0) is 30.9 Å². The summed E-state index contributed by atoms with van der Waals surface area (Å²) in [6, 6.07) is 7.97. The molecule has 2 rings (SSSR count). The molecule has 90 valence electrons. The summed E-state index contributed by atoms with van der Waals surface area (Å²) in [7, 11) is 0. The third-order valence-corrected chi connectivity index (χ3v) is 3.88. The third-order valence-electron chi connectivity index (χ3n) is 2.61. The monoisotopic (exact) mass is 249 g/mol. The lowest BCUT2D eigenvalue weighted by atomic mass is 10.1. The lowest BCUT2D eigenvalue weighted by Gasteiger charge is -2.06. The molecule has 0 radical (unpaired) electrons. The van der Waals surface area contributed by atoms with Crippen molar-refractivity contribution in [3.8, 4) is 0 Å². The highest BCUT2D eigenvalue weighted by Crippen LogP contribution is 2.30. The molecule has 0 aliphatic heterocycles. The van der Waals surface area contributed by atoms with E-state index in [0.29, 0.717) is 0 Å². The van der Waals surface area contributed by atoms with E-state index in [1.807, 2.05) is 31.2 Å². The largest absolute Gasteiger partial charge is 0.392 e. The van der Waals surface area contributed by atoms with E-state index in [9.17, 15) is 4.79 Å². The molecular weight excluding hydrogens is 234 g/mol. The van der Waals surface area contributed by atoms with Crippen LogP contribution in [0.25, 0.3) is 10.1 Å². The number of fused-ring (bicyclic) bond motifs is 1. The minimum atomic E-state index is -0.520. The maximum absolute atomic E-state index is 11.9. The number of aliphatic hydroxyl groups is 1. The van der Waals surface area contributed by atoms with Gasteiger partial charge in [-0.25, -0.2) is 0 Å². The number of aliphatic hydroxyl groups excluding tert-OH is 1. The van der Waals surface area contributed by atoms with E-state index < -0.39 is 6.10 Å². The average molecular weight is 249 g/mol. The normalized spacial score (nSPS) is 12.6. The van der Waals surface area contributed by atoms with E-state index >= 15 is 0 Å². The number of carbonyl (C=O) groups excluding carboxylic acids is 1. The van der Waals surface area contributed by atoms with Crippen LogP contribution in [0.2, 0.25) is 0 Å². The molecule has 1 aromatic heterocycles. The third kappa shape index (κ3) is 2.48. The van der Waals surface area contributed by atoms with Gasteiger partial charge in [0.1, 0.15) is 0 Å². The Morgan fingerprint density at radius 2 is 2.18 bits per heavy atom. The number of hydrogen-bond donors (Lipinski definition) is 2. The molecule has 0 saturated carbocycles. The molecule has 1 amide bonds. The number of amides is 1. The van der Waals surface area contributed by atoms with Crippen molar-refractivity contribution in [2.45, 2.75) is 20.0 Å². The van der Waals surface area contributed by atoms with Crippen LogP contribution in [0.15, 0.2) is 24.3 Å². The molecule has 0 aliphatic carbocycles. The molecule has 2 aromatic rings. The summed E-state index contributed by atoms with van der Waals surface area (Å²) in [5.74, 6) is -0.107. The quantitative estimate of drug-likeness (QED) is 0.877. The lowest BCUT2D eigenvalue weighted by Crippen LogP contribution is -2.30. The standard InChI is InChI=1S/C13H15NO2S/c1-8(15)7-14-13(16)12-9(2)10-5-3-4-6-11(10)17-12/h3-6,8,15H,7H2,1-2H3,(H,14,16)/t8-/m1/s1. The zero-order chi connectivity index (χ0) is 12.4. The molecule has 1 atom stereocenters. The molecule has 2 N–H and O–H groups in total. The summed E-state index contributed by atoms with van der Waals surface area (Å²) in [5, 5.41) is 13.0. The second-order valence-electron chi connectivity index (χ2n) is 4.11. The maximum atomic E-state index is 11.9. The number of aryl methyl sites for hydroxylation is 1. The van der Waals surface area contributed by atoms with Gasteiger partial charge in [0.25, 0.3) is 5.91 Å². The van der Waals surface area contributed by atoms with E-state index in [2.05, 4.69) is 5.32 Å². The minimum Gasteiger partial charge on any atom is -0.392 e. The Labute approximate surface area is 104 Å². The van der Waals surface area contributed by atoms with Gasteiger partial charge in [0.15, 0.2) is 0 Å². The number of thiophene rings is 1. The molecule has 0 spiro atoms. The Morgan fingerprint density at radius 1 is 1.47 bits per heavy atom. The summed E-state index contributed by atoms with van der Waals surface area (Å²) < 4.78 is 1.12. The molecule has 1 aromatic carbocycles. The van der Waals surface area contributed by atoms with E-state index in [1.165, 1.54) is 11.3 Å². The summed E-state index contributed by atoms with van der Waals surface area (Å²) in [4.78, 5) is 12.7. The second-order valence-corrected chi connectivity index (χ2v) is 5.16. The number of hydrogen-bond acceptors (Lipinski definition) is 3. The second kappa shape index (κ2) is 4.85. The van der Waals surface area contributed by atoms with Gasteiger partial charge in [-0.15, -0.1) is 11.3 Å². The fourth-order valence-corrected chi connectivity index (χ4v) is 2.84. The van der Waals surface area contributed by atoms with E-state index in [0.717, 1.165) is 20.5 Å². The number of rotatable bonds is 3. The molecule has 4 heteroatoms. The molecule has 0 fully saturated rings. The minimum absolute atomic E-state index is 0.107. The first-order valence-electron chi connectivity index (χ1n) is 5.54. The van der Waals surface area contributed by atoms with Crippen LogP contribution >= 0.6 is 11.3 Å². The first-order chi connectivity index (χ1) is 8.09. The van der Waals surface area contributed by atoms with Crippen molar-refractivity contribution in [3.63, 3.8) is 0 Å². The van der Waals surface area contributed by atoms with Crippen LogP contribution in [0.3, 0.4) is 0 Å². The maximum Gasteiger partial charge on any atom is 0.261 e. The molecule has 0 bridgehead atoms. The van der Waals surface area contributed by atoms with Crippen LogP contribution in [0.4, 0.5) is 0 Å². The van der Waals surface area contributed by atoms with Crippen molar-refractivity contribution >= 4 is 27.3 Å². The Morgan fingerprint density at radius 3 is 2.82 bits per heavy atom. The number of carbonyl (C=O) groups is 1. The van der Waals surface area contributed by atoms with E-state index in [1.54, 1.807) is 6.92 Å². The number of benzene rings is 1. The van der Waals surface area contributed by atoms with Crippen molar-refractivity contribution in [3.05, 3.63) is 34.7 Å². The Kier molecular flexibility index (Phi) is 3.45. The Balaban J connectivity index is 2.29. The van der Waals surface area contributed by atoms with Crippen LogP contribution < -0.4 is 5.32 Å². The molecule has 0 aliphatic rings. The Hall–Kier alpha value is -1.39. The SMILES string of the molecule is Cc1c(C(=O)NC[C@@H](C)O)sc2ccccc12. The van der Waals surface area contributed by atoms with Crippen molar-refractivity contribution in [1.82, 2.24) is 5.32 Å². The highest BCUT2D eigenvalue weighted by molar-refractivity contribution is 7.21. The molecule has 0 saturated heterocycles. The summed E-state index contributed by atoms with van der Waals surface area (Å²) in [6.45, 7) is 3.89. The zero-order valence-corrected chi connectivity index (χ0v) is 10.7. The van der Waals surface area contributed by atoms with Crippen LogP contribution in [-0.4, -0.2) is 23.7 Å². The Bertz CT molecular complexity index is 545. The van der Waals surface area contributed by atoms with Gasteiger partial charge in [-0.3, -0.25) is 4.79 Å². The molecule has 17 heavy (non-hydrogen) atoms. The molecule has 3 nitrogen and oxygen atoms in total. The van der Waals surface area contributed by atoms with Gasteiger partial charge < -0.3 is 10.4 Å². The first-order valence-corrected chi connectivity index (χ1v) is 6.35. The topological polar surface area (TPSA) is 49.3 Å². The van der Waals surface area contributed by atoms with E-state index in [4.69, 9.17) is 5.11 Å². The van der Waals surface area contributed by atoms with Gasteiger partial charge in [-0.2, -0.15) is 0 Å². The van der Waals surface area contributed by atoms with Crippen LogP contribution in [0.5, 0.6) is 0 Å². The first kappa shape index (κ1) is 12.1. The van der Waals surface area contributed by atoms with Crippen molar-refractivity contribution < 1.29 is 9.90 Å². The van der Waals surface area contributed by atoms with Crippen molar-refractivity contribution in [2.24, 2.45) is 0 Å². The zero-order valence-electron chi connectivity index (χ0n) is 9.86. The van der Waals surface area contributed by atoms with Gasteiger partial charge in [-0.1, -0.05) is 18.2 Å². The van der Waals surface area contributed by atoms with Crippen LogP contribution in [0, 0.1) is 6.92 Å². The molecular formula is C13H15NO2S. The van der Waals surface area contributed by atoms with Crippen molar-refractivity contribution in [1.29, 1.82) is 0 Å². The van der Waals surface area contributed by atoms with Crippen molar-refractivity contribution in [2.75, 3.05) is 6.54 Å². The smallest absolute Gasteiger partial charge is 0.261 e. The van der Waals surface area contributed by atoms with Crippen LogP contribution in [-0.2, 0) is 0 Å². The predicted molar refractivity (Wildman–Crippen MR) is 70.6 cm³/mol. The van der Waals surface area contributed by atoms with Gasteiger partial charge in [0, 0.05) is 11.2 Å². The van der Waals surface area contributed by atoms with Gasteiger partial charge in [0.2, 0.25) is 0 Å². The predicted octanol–water partition coefficient (Wildman–Crippen LogP) is 2.32. The summed E-state index contributed by atoms with van der Waals surface area (Å²) >= 11 is 1.49. The molecule has 0 unspecified atom stereocenters. The highest BCUT2D eigenvalue weighted by atomic mass is 32.1. The fourth-order valence-electron chi connectivity index (χ4n) is 1.71. The number of nitrogens with one attached hydrogen (secondary N) is 1. The average Bonchev–Trinajstić information content (AvgIpc) is 2.64. The van der Waals surface area contributed by atoms with Gasteiger partial charge >= 0.3 is 0 Å². The fraction of sp³-hybridized carbons (Fsp3) is 0.308. The van der Waals surface area contributed by atoms with Gasteiger partial charge in [0.05, 0.1) is 11.0 Å². The molecule has 1 heterocycles. The highest BCUT2D eigenvalue weighted by Gasteiger charge is 2.14. The summed E-state index contributed by atoms with van der Waals surface area (Å²) in [5.41, 5.74) is 1.01. The lowest BCUT2D eigenvalue weighted by molar-refractivity contribution is 0.0927. The van der Waals surface area contributed by atoms with E-state index in [-0.39, 0.29) is 12.5 Å². The summed E-state index contributed by atoms with van der Waals surface area (Å²) in [6.07, 6.45) is -0.520.